The Labute approximate surface area is 156 Å². The van der Waals surface area contributed by atoms with E-state index in [4.69, 9.17) is 0 Å². The maximum absolute atomic E-state index is 12.8. The summed E-state index contributed by atoms with van der Waals surface area (Å²) in [5, 5.41) is 11.2. The molecule has 0 aliphatic carbocycles. The van der Waals surface area contributed by atoms with E-state index in [-0.39, 0.29) is 22.9 Å². The number of likely N-dealkylation sites (tertiary alicyclic amines) is 1. The highest BCUT2D eigenvalue weighted by Gasteiger charge is 2.44. The Balaban J connectivity index is 1.48. The molecule has 2 amide bonds. The molecule has 0 unspecified atom stereocenters. The molecule has 27 heavy (non-hydrogen) atoms. The van der Waals surface area contributed by atoms with Crippen LogP contribution in [-0.4, -0.2) is 45.7 Å². The number of nitro groups is 1. The number of amides is 2. The average Bonchev–Trinajstić information content (AvgIpc) is 2.94. The normalized spacial score (nSPS) is 18.0. The number of piperidine rings is 1. The van der Waals surface area contributed by atoms with Crippen molar-refractivity contribution < 1.29 is 14.5 Å². The summed E-state index contributed by atoms with van der Waals surface area (Å²) in [6, 6.07) is 14.2. The second-order valence-corrected chi connectivity index (χ2v) is 6.93. The van der Waals surface area contributed by atoms with Crippen LogP contribution in [0, 0.1) is 10.1 Å². The summed E-state index contributed by atoms with van der Waals surface area (Å²) in [5.74, 6) is -0.955. The van der Waals surface area contributed by atoms with Crippen LogP contribution in [0.2, 0.25) is 0 Å². The van der Waals surface area contributed by atoms with E-state index in [1.165, 1.54) is 28.7 Å². The summed E-state index contributed by atoms with van der Waals surface area (Å²) >= 11 is 0. The lowest BCUT2D eigenvalue weighted by molar-refractivity contribution is -0.385. The van der Waals surface area contributed by atoms with Crippen molar-refractivity contribution in [2.24, 2.45) is 0 Å². The average molecular weight is 365 g/mol. The van der Waals surface area contributed by atoms with Crippen molar-refractivity contribution in [1.29, 1.82) is 0 Å². The zero-order chi connectivity index (χ0) is 19.0. The number of hydrogen-bond acceptors (Lipinski definition) is 5. The zero-order valence-corrected chi connectivity index (χ0v) is 14.7. The lowest BCUT2D eigenvalue weighted by atomic mass is 10.0. The molecular formula is C20H19N3O4. The van der Waals surface area contributed by atoms with Crippen LogP contribution >= 0.6 is 0 Å². The van der Waals surface area contributed by atoms with Crippen molar-refractivity contribution in [3.63, 3.8) is 0 Å². The van der Waals surface area contributed by atoms with Crippen molar-refractivity contribution in [1.82, 2.24) is 9.80 Å². The highest BCUT2D eigenvalue weighted by Crippen LogP contribution is 2.34. The van der Waals surface area contributed by atoms with Gasteiger partial charge in [-0.25, -0.2) is 0 Å². The van der Waals surface area contributed by atoms with Gasteiger partial charge in [0.25, 0.3) is 17.5 Å². The third kappa shape index (κ3) is 3.10. The van der Waals surface area contributed by atoms with Crippen LogP contribution in [0.5, 0.6) is 0 Å². The highest BCUT2D eigenvalue weighted by atomic mass is 16.6. The Morgan fingerprint density at radius 2 is 1.67 bits per heavy atom. The van der Waals surface area contributed by atoms with Crippen molar-refractivity contribution in [2.75, 3.05) is 13.1 Å². The van der Waals surface area contributed by atoms with Crippen LogP contribution in [0.3, 0.4) is 0 Å². The van der Waals surface area contributed by atoms with Crippen LogP contribution in [0.1, 0.15) is 39.1 Å². The van der Waals surface area contributed by atoms with Crippen molar-refractivity contribution in [3.8, 4) is 0 Å². The number of imide groups is 1. The lowest BCUT2D eigenvalue weighted by Crippen LogP contribution is -2.47. The zero-order valence-electron chi connectivity index (χ0n) is 14.7. The molecule has 0 bridgehead atoms. The van der Waals surface area contributed by atoms with Crippen LogP contribution in [0.15, 0.2) is 48.5 Å². The first-order valence-corrected chi connectivity index (χ1v) is 8.98. The molecule has 0 radical (unpaired) electrons. The Morgan fingerprint density at radius 3 is 2.33 bits per heavy atom. The smallest absolute Gasteiger partial charge is 0.282 e. The van der Waals surface area contributed by atoms with Gasteiger partial charge in [-0.05, 0) is 24.5 Å². The standard InChI is InChI=1S/C20H19N3O4/c24-19-16-7-4-8-17(23(26)27)18(16)20(25)22(19)15-9-11-21(12-10-15)13-14-5-2-1-3-6-14/h1-8,15H,9-13H2. The van der Waals surface area contributed by atoms with Gasteiger partial charge < -0.3 is 0 Å². The quantitative estimate of drug-likeness (QED) is 0.473. The Bertz CT molecular complexity index is 905. The molecule has 0 aromatic heterocycles. The van der Waals surface area contributed by atoms with Gasteiger partial charge in [0, 0.05) is 31.7 Å². The fraction of sp³-hybridized carbons (Fsp3) is 0.300. The van der Waals surface area contributed by atoms with E-state index in [0.29, 0.717) is 12.8 Å². The molecule has 0 N–H and O–H groups in total. The number of carbonyl (C=O) groups is 2. The first-order chi connectivity index (χ1) is 13.1. The largest absolute Gasteiger partial charge is 0.299 e. The van der Waals surface area contributed by atoms with Crippen molar-refractivity contribution in [3.05, 3.63) is 75.3 Å². The third-order valence-corrected chi connectivity index (χ3v) is 5.29. The molecular weight excluding hydrogens is 346 g/mol. The van der Waals surface area contributed by atoms with Crippen LogP contribution < -0.4 is 0 Å². The van der Waals surface area contributed by atoms with E-state index in [1.54, 1.807) is 0 Å². The monoisotopic (exact) mass is 365 g/mol. The number of rotatable bonds is 4. The molecule has 1 saturated heterocycles. The third-order valence-electron chi connectivity index (χ3n) is 5.29. The van der Waals surface area contributed by atoms with Crippen LogP contribution in [0.25, 0.3) is 0 Å². The van der Waals surface area contributed by atoms with Gasteiger partial charge in [-0.1, -0.05) is 36.4 Å². The summed E-state index contributed by atoms with van der Waals surface area (Å²) in [4.78, 5) is 39.7. The maximum Gasteiger partial charge on any atom is 0.282 e. The molecule has 2 aliphatic rings. The molecule has 2 aliphatic heterocycles. The van der Waals surface area contributed by atoms with Gasteiger partial charge in [0.15, 0.2) is 0 Å². The Morgan fingerprint density at radius 1 is 0.963 bits per heavy atom. The molecule has 2 heterocycles. The summed E-state index contributed by atoms with van der Waals surface area (Å²) in [6.45, 7) is 2.38. The van der Waals surface area contributed by atoms with Crippen LogP contribution in [0.4, 0.5) is 5.69 Å². The number of hydrogen-bond donors (Lipinski definition) is 0. The van der Waals surface area contributed by atoms with Gasteiger partial charge in [0.1, 0.15) is 5.56 Å². The van der Waals surface area contributed by atoms with Gasteiger partial charge in [-0.2, -0.15) is 0 Å². The number of fused-ring (bicyclic) bond motifs is 1. The van der Waals surface area contributed by atoms with E-state index in [9.17, 15) is 19.7 Å². The number of carbonyl (C=O) groups excluding carboxylic acids is 2. The first-order valence-electron chi connectivity index (χ1n) is 8.98. The molecule has 7 heteroatoms. The number of nitrogens with zero attached hydrogens (tertiary/aromatic N) is 3. The predicted octanol–water partition coefficient (Wildman–Crippen LogP) is 2.86. The van der Waals surface area contributed by atoms with Crippen molar-refractivity contribution >= 4 is 17.5 Å². The highest BCUT2D eigenvalue weighted by molar-refractivity contribution is 6.23. The molecule has 1 fully saturated rings. The molecule has 7 nitrogen and oxygen atoms in total. The van der Waals surface area contributed by atoms with Gasteiger partial charge in [-0.3, -0.25) is 29.5 Å². The molecule has 4 rings (SSSR count). The fourth-order valence-electron chi connectivity index (χ4n) is 3.95. The minimum Gasteiger partial charge on any atom is -0.299 e. The van der Waals surface area contributed by atoms with E-state index in [2.05, 4.69) is 17.0 Å². The van der Waals surface area contributed by atoms with E-state index < -0.39 is 16.7 Å². The predicted molar refractivity (Wildman–Crippen MR) is 98.3 cm³/mol. The first kappa shape index (κ1) is 17.4. The summed E-state index contributed by atoms with van der Waals surface area (Å²) in [6.07, 6.45) is 1.35. The summed E-state index contributed by atoms with van der Waals surface area (Å²) in [7, 11) is 0. The fourth-order valence-corrected chi connectivity index (χ4v) is 3.95. The minimum atomic E-state index is -0.601. The second kappa shape index (κ2) is 6.92. The van der Waals surface area contributed by atoms with Gasteiger partial charge in [-0.15, -0.1) is 0 Å². The molecule has 138 valence electrons. The van der Waals surface area contributed by atoms with Gasteiger partial charge in [0.05, 0.1) is 10.5 Å². The molecule has 0 atom stereocenters. The van der Waals surface area contributed by atoms with E-state index in [0.717, 1.165) is 19.6 Å². The maximum atomic E-state index is 12.8. The van der Waals surface area contributed by atoms with E-state index >= 15 is 0 Å². The number of nitro benzene ring substituents is 1. The second-order valence-electron chi connectivity index (χ2n) is 6.93. The number of benzene rings is 2. The van der Waals surface area contributed by atoms with Gasteiger partial charge in [0.2, 0.25) is 0 Å². The summed E-state index contributed by atoms with van der Waals surface area (Å²) in [5.41, 5.74) is 1.00. The SMILES string of the molecule is O=C1c2cccc([N+](=O)[O-])c2C(=O)N1C1CCN(Cc2ccccc2)CC1. The van der Waals surface area contributed by atoms with Crippen LogP contribution in [-0.2, 0) is 6.54 Å². The Hall–Kier alpha value is -3.06. The van der Waals surface area contributed by atoms with Gasteiger partial charge >= 0.3 is 0 Å². The van der Waals surface area contributed by atoms with E-state index in [1.807, 2.05) is 18.2 Å². The lowest BCUT2D eigenvalue weighted by Gasteiger charge is -2.35. The molecule has 2 aromatic rings. The topological polar surface area (TPSA) is 83.8 Å². The molecule has 0 spiro atoms. The molecule has 0 saturated carbocycles. The molecule has 2 aromatic carbocycles. The minimum absolute atomic E-state index is 0.0702. The summed E-state index contributed by atoms with van der Waals surface area (Å²) < 4.78 is 0. The van der Waals surface area contributed by atoms with Crippen molar-refractivity contribution in [2.45, 2.75) is 25.4 Å². The Kier molecular flexibility index (Phi) is 4.45.